The summed E-state index contributed by atoms with van der Waals surface area (Å²) in [5, 5.41) is 0. The molecule has 2 aromatic heterocycles. The van der Waals surface area contributed by atoms with Crippen LogP contribution in [0.3, 0.4) is 0 Å². The van der Waals surface area contributed by atoms with Gasteiger partial charge in [0.2, 0.25) is 0 Å². The monoisotopic (exact) mass is 827 g/mol. The van der Waals surface area contributed by atoms with Crippen LogP contribution in [-0.4, -0.2) is 9.97 Å². The number of pyridine rings is 2. The zero-order valence-corrected chi connectivity index (χ0v) is 25.7. The summed E-state index contributed by atoms with van der Waals surface area (Å²) in [7, 11) is 0. The molecule has 0 N–H and O–H groups in total. The van der Waals surface area contributed by atoms with Crippen molar-refractivity contribution in [1.29, 1.82) is 0 Å². The number of hydrogen-bond acceptors (Lipinski definition) is 2. The number of rotatable bonds is 5. The van der Waals surface area contributed by atoms with E-state index in [9.17, 15) is 35.1 Å². The van der Waals surface area contributed by atoms with E-state index in [1.54, 1.807) is 36.5 Å². The Morgan fingerprint density at radius 2 is 1.26 bits per heavy atom. The van der Waals surface area contributed by atoms with Gasteiger partial charge in [0.15, 0.2) is 0 Å². The molecule has 3 aromatic carbocycles. The molecular weight excluding hydrogens is 809 g/mol. The predicted molar refractivity (Wildman–Crippen MR) is 144 cm³/mol. The normalized spacial score (nSPS) is 12.2. The van der Waals surface area contributed by atoms with Crippen LogP contribution >= 0.6 is 0 Å². The molecule has 13 heteroatoms. The molecule has 0 aliphatic heterocycles. The summed E-state index contributed by atoms with van der Waals surface area (Å²) < 4.78 is 141. The molecule has 5 rings (SSSR count). The number of nitrogens with zero attached hydrogens (tertiary/aromatic N) is 2. The molecule has 2 heterocycles. The van der Waals surface area contributed by atoms with Gasteiger partial charge in [-0.05, 0) is 35.4 Å². The van der Waals surface area contributed by atoms with Gasteiger partial charge in [-0.1, -0.05) is 55.8 Å². The molecule has 5 aromatic rings. The third-order valence-electron chi connectivity index (χ3n) is 7.16. The third kappa shape index (κ3) is 6.45. The zero-order valence-electron chi connectivity index (χ0n) is 23.4. The minimum Gasteiger partial charge on any atom is -0.287 e. The van der Waals surface area contributed by atoms with Gasteiger partial charge < -0.3 is 0 Å². The number of aromatic nitrogens is 2. The van der Waals surface area contributed by atoms with Crippen molar-refractivity contribution in [3.05, 3.63) is 131 Å². The maximum Gasteiger partial charge on any atom is 2.00 e. The van der Waals surface area contributed by atoms with Crippen molar-refractivity contribution in [2.24, 2.45) is 0 Å². The van der Waals surface area contributed by atoms with Gasteiger partial charge >= 0.3 is 33.4 Å². The summed E-state index contributed by atoms with van der Waals surface area (Å²) in [5.41, 5.74) is -8.25. The number of halogens is 10. The fourth-order valence-electron chi connectivity index (χ4n) is 4.80. The predicted octanol–water partition coefficient (Wildman–Crippen LogP) is 10.00. The van der Waals surface area contributed by atoms with Gasteiger partial charge in [-0.2, -0.15) is 49.6 Å². The molecular formula is C33H18F10N2Pt. The largest absolute Gasteiger partial charge is 2.00 e. The van der Waals surface area contributed by atoms with Crippen LogP contribution in [0.15, 0.2) is 72.9 Å². The first-order valence-electron chi connectivity index (χ1n) is 13.0. The van der Waals surface area contributed by atoms with Crippen molar-refractivity contribution in [2.75, 3.05) is 0 Å². The molecule has 0 aliphatic carbocycles. The molecule has 0 spiro atoms. The smallest absolute Gasteiger partial charge is 0.287 e. The van der Waals surface area contributed by atoms with Gasteiger partial charge in [0, 0.05) is 34.5 Å². The van der Waals surface area contributed by atoms with Crippen molar-refractivity contribution in [3.63, 3.8) is 0 Å². The molecule has 240 valence electrons. The van der Waals surface area contributed by atoms with Gasteiger partial charge in [-0.25, -0.2) is 0 Å². The average molecular weight is 828 g/mol. The topological polar surface area (TPSA) is 25.8 Å². The van der Waals surface area contributed by atoms with Crippen molar-refractivity contribution >= 4 is 0 Å². The fraction of sp³-hybridized carbons (Fsp3) is 0.152. The zero-order chi connectivity index (χ0) is 32.9. The first-order chi connectivity index (χ1) is 21.0. The van der Waals surface area contributed by atoms with E-state index in [2.05, 4.69) is 9.97 Å². The van der Waals surface area contributed by atoms with E-state index in [0.29, 0.717) is 5.56 Å². The van der Waals surface area contributed by atoms with Gasteiger partial charge in [0.05, 0.1) is 28.6 Å². The SMILES string of the molecule is CC(C)(c1cccc(-c2cccc(-c3[c-]c(-c4[c-]cc(F)c(C(F)(F)F)c4F)c(F)c(C(F)(F)F)c3F)n2)c1)c1ccccn1.[Pt+2]. The van der Waals surface area contributed by atoms with Crippen molar-refractivity contribution in [2.45, 2.75) is 31.6 Å². The van der Waals surface area contributed by atoms with E-state index in [1.165, 1.54) is 12.1 Å². The van der Waals surface area contributed by atoms with Crippen LogP contribution in [0.1, 0.15) is 36.2 Å². The molecule has 0 atom stereocenters. The summed E-state index contributed by atoms with van der Waals surface area (Å²) in [5.74, 6) is -9.22. The first kappa shape index (κ1) is 34.8. The Balaban J connectivity index is 0.00000480. The van der Waals surface area contributed by atoms with E-state index in [0.717, 1.165) is 17.3 Å². The van der Waals surface area contributed by atoms with E-state index >= 15 is 8.78 Å². The minimum absolute atomic E-state index is 0. The third-order valence-corrected chi connectivity index (χ3v) is 7.16. The molecule has 0 amide bonds. The molecule has 0 bridgehead atoms. The molecule has 0 aliphatic rings. The van der Waals surface area contributed by atoms with Crippen LogP contribution < -0.4 is 0 Å². The molecule has 0 fully saturated rings. The Kier molecular flexibility index (Phi) is 9.55. The van der Waals surface area contributed by atoms with E-state index in [1.807, 2.05) is 38.1 Å². The Labute approximate surface area is 270 Å². The Bertz CT molecular complexity index is 1900. The molecule has 0 saturated carbocycles. The molecule has 46 heavy (non-hydrogen) atoms. The number of alkyl halides is 6. The number of hydrogen-bond donors (Lipinski definition) is 0. The summed E-state index contributed by atoms with van der Waals surface area (Å²) in [6.07, 6.45) is -9.73. The van der Waals surface area contributed by atoms with Crippen LogP contribution in [0.2, 0.25) is 0 Å². The Morgan fingerprint density at radius 1 is 0.652 bits per heavy atom. The van der Waals surface area contributed by atoms with Crippen molar-refractivity contribution < 1.29 is 65.0 Å². The van der Waals surface area contributed by atoms with E-state index in [4.69, 9.17) is 0 Å². The van der Waals surface area contributed by atoms with Crippen LogP contribution in [0.4, 0.5) is 43.9 Å². The standard InChI is InChI=1S/C33H18F10N2.Pt/c1-31(2,25-11-3-4-14-44-25)18-8-5-7-17(15-18)23-9-6-10-24(45-23)21-16-20(29(36)27(30(21)37)33(41,42)43)19-12-13-22(34)26(28(19)35)32(38,39)40;/h3-11,13-15H,1-2H3;/q-2;+2. The molecule has 0 unspecified atom stereocenters. The second-order valence-electron chi connectivity index (χ2n) is 10.4. The summed E-state index contributed by atoms with van der Waals surface area (Å²) in [6.45, 7) is 3.83. The first-order valence-corrected chi connectivity index (χ1v) is 13.0. The molecule has 0 radical (unpaired) electrons. The average Bonchev–Trinajstić information content (AvgIpc) is 2.97. The van der Waals surface area contributed by atoms with Crippen LogP contribution in [0, 0.1) is 35.4 Å². The maximum atomic E-state index is 15.4. The van der Waals surface area contributed by atoms with Crippen LogP contribution in [0.5, 0.6) is 0 Å². The van der Waals surface area contributed by atoms with Crippen molar-refractivity contribution in [1.82, 2.24) is 9.97 Å². The van der Waals surface area contributed by atoms with Gasteiger partial charge in [0.1, 0.15) is 0 Å². The van der Waals surface area contributed by atoms with E-state index < -0.39 is 74.5 Å². The molecule has 2 nitrogen and oxygen atoms in total. The second kappa shape index (κ2) is 12.6. The Morgan fingerprint density at radius 3 is 1.89 bits per heavy atom. The quantitative estimate of drug-likeness (QED) is 0.130. The van der Waals surface area contributed by atoms with Crippen LogP contribution in [-0.2, 0) is 38.8 Å². The molecule has 0 saturated heterocycles. The van der Waals surface area contributed by atoms with Gasteiger partial charge in [-0.3, -0.25) is 27.5 Å². The minimum atomic E-state index is -5.72. The Hall–Kier alpha value is -4.05. The second-order valence-corrected chi connectivity index (χ2v) is 10.4. The van der Waals surface area contributed by atoms with E-state index in [-0.39, 0.29) is 32.8 Å². The van der Waals surface area contributed by atoms with Crippen molar-refractivity contribution in [3.8, 4) is 33.6 Å². The van der Waals surface area contributed by atoms with Gasteiger partial charge in [0.25, 0.3) is 0 Å². The van der Waals surface area contributed by atoms with Crippen LogP contribution in [0.25, 0.3) is 33.6 Å². The fourth-order valence-corrected chi connectivity index (χ4v) is 4.80. The maximum absolute atomic E-state index is 15.4. The summed E-state index contributed by atoms with van der Waals surface area (Å²) in [6, 6.07) is 19.7. The number of benzene rings is 3. The summed E-state index contributed by atoms with van der Waals surface area (Å²) >= 11 is 0. The van der Waals surface area contributed by atoms with Gasteiger partial charge in [-0.15, -0.1) is 6.07 Å². The summed E-state index contributed by atoms with van der Waals surface area (Å²) in [4.78, 5) is 8.62.